The number of likely N-dealkylation sites (tertiary alicyclic amines) is 1. The fourth-order valence-corrected chi connectivity index (χ4v) is 5.11. The summed E-state index contributed by atoms with van der Waals surface area (Å²) in [7, 11) is 0. The van der Waals surface area contributed by atoms with E-state index in [1.165, 1.54) is 11.3 Å². The van der Waals surface area contributed by atoms with E-state index >= 15 is 0 Å². The van der Waals surface area contributed by atoms with E-state index in [1.807, 2.05) is 6.92 Å². The molecular weight excluding hydrogens is 352 g/mol. The first-order chi connectivity index (χ1) is 12.5. The second-order valence-electron chi connectivity index (χ2n) is 7.15. The molecule has 0 unspecified atom stereocenters. The van der Waals surface area contributed by atoms with Crippen molar-refractivity contribution in [1.29, 1.82) is 0 Å². The van der Waals surface area contributed by atoms with Crippen molar-refractivity contribution in [2.75, 3.05) is 13.1 Å². The number of carbonyl (C=O) groups excluding carboxylic acids is 2. The highest BCUT2D eigenvalue weighted by Gasteiger charge is 2.29. The minimum atomic E-state index is -0.294. The van der Waals surface area contributed by atoms with Crippen molar-refractivity contribution in [3.8, 4) is 0 Å². The van der Waals surface area contributed by atoms with Gasteiger partial charge in [0, 0.05) is 32.0 Å². The number of nitrogens with zero attached hydrogens (tertiary/aromatic N) is 3. The van der Waals surface area contributed by atoms with Gasteiger partial charge >= 0.3 is 0 Å². The van der Waals surface area contributed by atoms with Gasteiger partial charge in [0.1, 0.15) is 10.7 Å². The van der Waals surface area contributed by atoms with E-state index in [0.717, 1.165) is 30.7 Å². The monoisotopic (exact) mass is 374 g/mol. The van der Waals surface area contributed by atoms with E-state index in [-0.39, 0.29) is 23.3 Å². The quantitative estimate of drug-likeness (QED) is 0.860. The van der Waals surface area contributed by atoms with Crippen LogP contribution < -0.4 is 11.3 Å². The molecule has 26 heavy (non-hydrogen) atoms. The first-order valence-corrected chi connectivity index (χ1v) is 9.90. The summed E-state index contributed by atoms with van der Waals surface area (Å²) in [6.07, 6.45) is 4.04. The van der Waals surface area contributed by atoms with Gasteiger partial charge in [0.2, 0.25) is 5.91 Å². The molecule has 7 nitrogen and oxygen atoms in total. The SMILES string of the molecule is Cc1c(C(=O)N2CCC(C(N)=O)CC2)sc2nc3n(c(=O)c12)CCCC3. The lowest BCUT2D eigenvalue weighted by Crippen LogP contribution is -2.41. The number of carbonyl (C=O) groups is 2. The van der Waals surface area contributed by atoms with Crippen LogP contribution in [0.15, 0.2) is 4.79 Å². The molecule has 0 radical (unpaired) electrons. The number of aryl methyl sites for hydroxylation is 2. The molecule has 2 aliphatic rings. The molecule has 4 heterocycles. The van der Waals surface area contributed by atoms with Crippen LogP contribution in [0.1, 0.15) is 46.7 Å². The number of primary amides is 1. The number of aromatic nitrogens is 2. The third-order valence-electron chi connectivity index (χ3n) is 5.54. The number of thiophene rings is 1. The maximum Gasteiger partial charge on any atom is 0.264 e. The number of hydrogen-bond donors (Lipinski definition) is 1. The average molecular weight is 374 g/mol. The van der Waals surface area contributed by atoms with Crippen molar-refractivity contribution in [3.05, 3.63) is 26.6 Å². The smallest absolute Gasteiger partial charge is 0.264 e. The van der Waals surface area contributed by atoms with Crippen molar-refractivity contribution in [2.24, 2.45) is 11.7 Å². The van der Waals surface area contributed by atoms with Crippen LogP contribution in [0.25, 0.3) is 10.2 Å². The molecule has 2 aromatic heterocycles. The summed E-state index contributed by atoms with van der Waals surface area (Å²) >= 11 is 1.31. The Bertz CT molecular complexity index is 953. The lowest BCUT2D eigenvalue weighted by Gasteiger charge is -2.30. The molecule has 4 rings (SSSR count). The van der Waals surface area contributed by atoms with Crippen LogP contribution in [-0.4, -0.2) is 39.4 Å². The average Bonchev–Trinajstić information content (AvgIpc) is 2.98. The minimum absolute atomic E-state index is 0.0232. The topological polar surface area (TPSA) is 98.3 Å². The molecule has 0 spiro atoms. The van der Waals surface area contributed by atoms with E-state index in [0.29, 0.717) is 47.6 Å². The Balaban J connectivity index is 1.68. The van der Waals surface area contributed by atoms with Gasteiger partial charge in [0.05, 0.1) is 10.3 Å². The van der Waals surface area contributed by atoms with Gasteiger partial charge in [-0.25, -0.2) is 4.98 Å². The first kappa shape index (κ1) is 17.2. The molecule has 138 valence electrons. The number of nitrogens with two attached hydrogens (primary N) is 1. The first-order valence-electron chi connectivity index (χ1n) is 9.08. The van der Waals surface area contributed by atoms with Crippen LogP contribution in [-0.2, 0) is 17.8 Å². The third-order valence-corrected chi connectivity index (χ3v) is 6.71. The van der Waals surface area contributed by atoms with Gasteiger partial charge in [-0.1, -0.05) is 0 Å². The van der Waals surface area contributed by atoms with E-state index in [4.69, 9.17) is 5.73 Å². The summed E-state index contributed by atoms with van der Waals surface area (Å²) in [4.78, 5) is 44.9. The van der Waals surface area contributed by atoms with Gasteiger partial charge in [-0.3, -0.25) is 19.0 Å². The number of rotatable bonds is 2. The van der Waals surface area contributed by atoms with Crippen molar-refractivity contribution in [1.82, 2.24) is 14.5 Å². The number of amides is 2. The highest BCUT2D eigenvalue weighted by Crippen LogP contribution is 2.30. The second kappa shape index (κ2) is 6.50. The Labute approximate surface area is 154 Å². The molecule has 0 aromatic carbocycles. The van der Waals surface area contributed by atoms with Gasteiger partial charge in [-0.05, 0) is 38.2 Å². The van der Waals surface area contributed by atoms with E-state index < -0.39 is 0 Å². The predicted molar refractivity (Wildman–Crippen MR) is 99.4 cm³/mol. The molecule has 0 saturated carbocycles. The molecule has 8 heteroatoms. The fraction of sp³-hybridized carbons (Fsp3) is 0.556. The molecule has 0 aliphatic carbocycles. The minimum Gasteiger partial charge on any atom is -0.369 e. The summed E-state index contributed by atoms with van der Waals surface area (Å²) < 4.78 is 1.76. The molecular formula is C18H22N4O3S. The lowest BCUT2D eigenvalue weighted by molar-refractivity contribution is -0.123. The van der Waals surface area contributed by atoms with E-state index in [2.05, 4.69) is 4.98 Å². The number of piperidine rings is 1. The molecule has 2 aliphatic heterocycles. The maximum atomic E-state index is 13.0. The van der Waals surface area contributed by atoms with Crippen LogP contribution in [0.4, 0.5) is 0 Å². The number of fused-ring (bicyclic) bond motifs is 2. The second-order valence-corrected chi connectivity index (χ2v) is 8.15. The van der Waals surface area contributed by atoms with Crippen LogP contribution in [0.2, 0.25) is 0 Å². The molecule has 1 saturated heterocycles. The molecule has 2 amide bonds. The maximum absolute atomic E-state index is 13.0. The Kier molecular flexibility index (Phi) is 4.30. The normalized spacial score (nSPS) is 18.1. The summed E-state index contributed by atoms with van der Waals surface area (Å²) in [5.41, 5.74) is 6.07. The van der Waals surface area contributed by atoms with Crippen molar-refractivity contribution >= 4 is 33.4 Å². The van der Waals surface area contributed by atoms with Crippen LogP contribution in [0, 0.1) is 12.8 Å². The molecule has 2 N–H and O–H groups in total. The van der Waals surface area contributed by atoms with E-state index in [9.17, 15) is 14.4 Å². The zero-order valence-corrected chi connectivity index (χ0v) is 15.6. The summed E-state index contributed by atoms with van der Waals surface area (Å²) in [6.45, 7) is 3.57. The standard InChI is InChI=1S/C18H22N4O3S/c1-10-13-16(20-12-4-2-3-7-22(12)17(13)24)26-14(10)18(25)21-8-5-11(6-9-21)15(19)23/h11H,2-9H2,1H3,(H2,19,23). The zero-order valence-electron chi connectivity index (χ0n) is 14.8. The van der Waals surface area contributed by atoms with Crippen molar-refractivity contribution in [2.45, 2.75) is 45.6 Å². The van der Waals surface area contributed by atoms with Gasteiger partial charge in [-0.15, -0.1) is 11.3 Å². The fourth-order valence-electron chi connectivity index (χ4n) is 3.95. The highest BCUT2D eigenvalue weighted by molar-refractivity contribution is 7.20. The Morgan fingerprint density at radius 3 is 2.62 bits per heavy atom. The van der Waals surface area contributed by atoms with E-state index in [1.54, 1.807) is 9.47 Å². The highest BCUT2D eigenvalue weighted by atomic mass is 32.1. The molecule has 2 aromatic rings. The lowest BCUT2D eigenvalue weighted by atomic mass is 9.96. The van der Waals surface area contributed by atoms with Gasteiger partial charge < -0.3 is 10.6 Å². The Morgan fingerprint density at radius 2 is 1.92 bits per heavy atom. The molecule has 0 bridgehead atoms. The zero-order chi connectivity index (χ0) is 18.4. The predicted octanol–water partition coefficient (Wildman–Crippen LogP) is 1.44. The summed E-state index contributed by atoms with van der Waals surface area (Å²) in [5.74, 6) is 0.311. The van der Waals surface area contributed by atoms with Crippen molar-refractivity contribution in [3.63, 3.8) is 0 Å². The summed E-state index contributed by atoms with van der Waals surface area (Å²) in [5, 5.41) is 0.580. The third kappa shape index (κ3) is 2.72. The van der Waals surface area contributed by atoms with Crippen LogP contribution in [0.3, 0.4) is 0 Å². The van der Waals surface area contributed by atoms with Crippen molar-refractivity contribution < 1.29 is 9.59 Å². The largest absolute Gasteiger partial charge is 0.369 e. The molecule has 1 fully saturated rings. The summed E-state index contributed by atoms with van der Waals surface area (Å²) in [6, 6.07) is 0. The van der Waals surface area contributed by atoms with Gasteiger partial charge in [-0.2, -0.15) is 0 Å². The van der Waals surface area contributed by atoms with Crippen LogP contribution >= 0.6 is 11.3 Å². The van der Waals surface area contributed by atoms with Crippen LogP contribution in [0.5, 0.6) is 0 Å². The Morgan fingerprint density at radius 1 is 1.19 bits per heavy atom. The Hall–Kier alpha value is -2.22. The molecule has 0 atom stereocenters. The van der Waals surface area contributed by atoms with Gasteiger partial charge in [0.25, 0.3) is 11.5 Å². The van der Waals surface area contributed by atoms with Gasteiger partial charge in [0.15, 0.2) is 0 Å². The number of hydrogen-bond acceptors (Lipinski definition) is 5.